The minimum atomic E-state index is -4.54. The predicted molar refractivity (Wildman–Crippen MR) is 110 cm³/mol. The van der Waals surface area contributed by atoms with Gasteiger partial charge < -0.3 is 10.6 Å². The van der Waals surface area contributed by atoms with Crippen molar-refractivity contribution in [2.75, 3.05) is 6.54 Å². The minimum absolute atomic E-state index is 0.0602. The molecule has 2 N–H and O–H groups in total. The van der Waals surface area contributed by atoms with Gasteiger partial charge in [0, 0.05) is 23.7 Å². The number of alkyl halides is 3. The van der Waals surface area contributed by atoms with Crippen molar-refractivity contribution in [3.63, 3.8) is 0 Å². The number of nitrogens with one attached hydrogen (secondary N) is 2. The molecular formula is C22H20F3N5. The summed E-state index contributed by atoms with van der Waals surface area (Å²) in [6.45, 7) is 4.31. The number of nitriles is 1. The molecule has 0 saturated heterocycles. The molecule has 0 aromatic heterocycles. The van der Waals surface area contributed by atoms with Crippen LogP contribution in [0, 0.1) is 18.3 Å². The van der Waals surface area contributed by atoms with Gasteiger partial charge >= 0.3 is 6.18 Å². The molecule has 2 aromatic rings. The number of amidine groups is 2. The number of hydrogen-bond donors (Lipinski definition) is 2. The van der Waals surface area contributed by atoms with Gasteiger partial charge in [-0.2, -0.15) is 18.4 Å². The summed E-state index contributed by atoms with van der Waals surface area (Å²) in [4.78, 5) is 8.85. The van der Waals surface area contributed by atoms with Crippen molar-refractivity contribution >= 4 is 11.7 Å². The zero-order valence-electron chi connectivity index (χ0n) is 16.5. The van der Waals surface area contributed by atoms with Crippen LogP contribution in [0.3, 0.4) is 0 Å². The first kappa shape index (κ1) is 21.1. The van der Waals surface area contributed by atoms with E-state index >= 15 is 0 Å². The Kier molecular flexibility index (Phi) is 6.21. The SMILES string of the molecule is CCN=C(NC1=NC(c2ccccc2C(F)(F)F)NC(C#N)=C1)c1ccccc1C. The van der Waals surface area contributed by atoms with Gasteiger partial charge in [-0.1, -0.05) is 42.5 Å². The highest BCUT2D eigenvalue weighted by atomic mass is 19.4. The molecule has 1 unspecified atom stereocenters. The standard InChI is InChI=1S/C22H20F3N5/c1-3-27-20(16-9-5-4-8-14(16)2)29-19-12-15(13-26)28-21(30-19)17-10-6-7-11-18(17)22(23,24)25/h4-12,21,28H,3H2,1-2H3,(H,27,29,30). The third kappa shape index (κ3) is 4.69. The summed E-state index contributed by atoms with van der Waals surface area (Å²) in [5.74, 6) is 0.787. The lowest BCUT2D eigenvalue weighted by Crippen LogP contribution is -2.36. The number of aryl methyl sites for hydroxylation is 1. The number of hydrogen-bond acceptors (Lipinski definition) is 4. The second kappa shape index (κ2) is 8.82. The Hall–Kier alpha value is -3.60. The van der Waals surface area contributed by atoms with E-state index in [9.17, 15) is 18.4 Å². The molecule has 0 bridgehead atoms. The van der Waals surface area contributed by atoms with Gasteiger partial charge in [0.15, 0.2) is 0 Å². The summed E-state index contributed by atoms with van der Waals surface area (Å²) >= 11 is 0. The summed E-state index contributed by atoms with van der Waals surface area (Å²) in [7, 11) is 0. The molecule has 154 valence electrons. The van der Waals surface area contributed by atoms with Gasteiger partial charge in [-0.15, -0.1) is 0 Å². The van der Waals surface area contributed by atoms with Crippen molar-refractivity contribution in [1.29, 1.82) is 5.26 Å². The van der Waals surface area contributed by atoms with Gasteiger partial charge in [-0.05, 0) is 25.5 Å². The molecule has 0 spiro atoms. The molecule has 1 atom stereocenters. The van der Waals surface area contributed by atoms with E-state index in [4.69, 9.17) is 0 Å². The Bertz CT molecular complexity index is 1060. The first-order chi connectivity index (χ1) is 14.3. The lowest BCUT2D eigenvalue weighted by molar-refractivity contribution is -0.138. The van der Waals surface area contributed by atoms with Crippen LogP contribution in [0.15, 0.2) is 70.3 Å². The van der Waals surface area contributed by atoms with E-state index in [0.29, 0.717) is 12.4 Å². The monoisotopic (exact) mass is 411 g/mol. The van der Waals surface area contributed by atoms with Crippen molar-refractivity contribution < 1.29 is 13.2 Å². The molecule has 0 radical (unpaired) electrons. The zero-order valence-corrected chi connectivity index (χ0v) is 16.5. The fourth-order valence-corrected chi connectivity index (χ4v) is 3.12. The van der Waals surface area contributed by atoms with Gasteiger partial charge in [0.05, 0.1) is 5.56 Å². The zero-order chi connectivity index (χ0) is 21.7. The molecule has 2 aromatic carbocycles. The lowest BCUT2D eigenvalue weighted by Gasteiger charge is -2.24. The van der Waals surface area contributed by atoms with Crippen LogP contribution >= 0.6 is 0 Å². The molecule has 0 aliphatic carbocycles. The van der Waals surface area contributed by atoms with Crippen molar-refractivity contribution in [3.05, 3.63) is 82.6 Å². The van der Waals surface area contributed by atoms with Crippen LogP contribution < -0.4 is 10.6 Å². The van der Waals surface area contributed by atoms with Crippen molar-refractivity contribution in [2.24, 2.45) is 9.98 Å². The van der Waals surface area contributed by atoms with E-state index in [0.717, 1.165) is 17.2 Å². The van der Waals surface area contributed by atoms with Crippen LogP contribution in [-0.4, -0.2) is 18.2 Å². The molecular weight excluding hydrogens is 391 g/mol. The largest absolute Gasteiger partial charge is 0.416 e. The number of aliphatic imine (C=N–C) groups is 2. The van der Waals surface area contributed by atoms with Crippen LogP contribution in [0.5, 0.6) is 0 Å². The Labute approximate surface area is 172 Å². The van der Waals surface area contributed by atoms with Crippen LogP contribution in [0.25, 0.3) is 0 Å². The molecule has 1 heterocycles. The van der Waals surface area contributed by atoms with E-state index in [1.165, 1.54) is 24.3 Å². The maximum atomic E-state index is 13.5. The lowest BCUT2D eigenvalue weighted by atomic mass is 10.0. The minimum Gasteiger partial charge on any atom is -0.351 e. The summed E-state index contributed by atoms with van der Waals surface area (Å²) in [5, 5.41) is 15.2. The molecule has 1 aliphatic heterocycles. The third-order valence-electron chi connectivity index (χ3n) is 4.49. The van der Waals surface area contributed by atoms with Crippen LogP contribution in [0.4, 0.5) is 13.2 Å². The highest BCUT2D eigenvalue weighted by Crippen LogP contribution is 2.35. The summed E-state index contributed by atoms with van der Waals surface area (Å²) in [6, 6.07) is 14.7. The van der Waals surface area contributed by atoms with Gasteiger partial charge in [-0.25, -0.2) is 4.99 Å². The van der Waals surface area contributed by atoms with Gasteiger partial charge in [-0.3, -0.25) is 4.99 Å². The van der Waals surface area contributed by atoms with E-state index in [2.05, 4.69) is 20.6 Å². The first-order valence-corrected chi connectivity index (χ1v) is 9.33. The van der Waals surface area contributed by atoms with Crippen LogP contribution in [-0.2, 0) is 6.18 Å². The molecule has 3 rings (SSSR count). The van der Waals surface area contributed by atoms with Crippen LogP contribution in [0.2, 0.25) is 0 Å². The maximum Gasteiger partial charge on any atom is 0.416 e. The van der Waals surface area contributed by atoms with E-state index in [1.54, 1.807) is 0 Å². The normalized spacial score (nSPS) is 16.8. The topological polar surface area (TPSA) is 72.6 Å². The van der Waals surface area contributed by atoms with Crippen molar-refractivity contribution in [1.82, 2.24) is 10.6 Å². The molecule has 0 saturated carbocycles. The highest BCUT2D eigenvalue weighted by molar-refractivity contribution is 6.13. The van der Waals surface area contributed by atoms with Gasteiger partial charge in [0.2, 0.25) is 0 Å². The fraction of sp³-hybridized carbons (Fsp3) is 0.227. The van der Waals surface area contributed by atoms with E-state index in [-0.39, 0.29) is 17.1 Å². The van der Waals surface area contributed by atoms with E-state index in [1.807, 2.05) is 44.2 Å². The van der Waals surface area contributed by atoms with Crippen molar-refractivity contribution in [2.45, 2.75) is 26.2 Å². The number of rotatable bonds is 3. The van der Waals surface area contributed by atoms with Crippen molar-refractivity contribution in [3.8, 4) is 6.07 Å². The molecule has 30 heavy (non-hydrogen) atoms. The number of benzene rings is 2. The number of allylic oxidation sites excluding steroid dienone is 1. The maximum absolute atomic E-state index is 13.5. The second-order valence-electron chi connectivity index (χ2n) is 6.58. The Morgan fingerprint density at radius 2 is 1.90 bits per heavy atom. The smallest absolute Gasteiger partial charge is 0.351 e. The first-order valence-electron chi connectivity index (χ1n) is 9.33. The van der Waals surface area contributed by atoms with Crippen LogP contribution in [0.1, 0.15) is 35.3 Å². The Balaban J connectivity index is 2.01. The number of halogens is 3. The number of nitrogens with zero attached hydrogens (tertiary/aromatic N) is 3. The molecule has 0 fully saturated rings. The summed E-state index contributed by atoms with van der Waals surface area (Å²) in [6.07, 6.45) is -4.15. The average Bonchev–Trinajstić information content (AvgIpc) is 2.73. The Morgan fingerprint density at radius 1 is 1.20 bits per heavy atom. The Morgan fingerprint density at radius 3 is 2.57 bits per heavy atom. The molecule has 8 heteroatoms. The molecule has 1 aliphatic rings. The fourth-order valence-electron chi connectivity index (χ4n) is 3.12. The quantitative estimate of drug-likeness (QED) is 0.578. The molecule has 0 amide bonds. The predicted octanol–water partition coefficient (Wildman–Crippen LogP) is 4.48. The average molecular weight is 411 g/mol. The third-order valence-corrected chi connectivity index (χ3v) is 4.49. The highest BCUT2D eigenvalue weighted by Gasteiger charge is 2.35. The second-order valence-corrected chi connectivity index (χ2v) is 6.58. The molecule has 5 nitrogen and oxygen atoms in total. The van der Waals surface area contributed by atoms with Gasteiger partial charge in [0.25, 0.3) is 0 Å². The van der Waals surface area contributed by atoms with E-state index < -0.39 is 17.9 Å². The summed E-state index contributed by atoms with van der Waals surface area (Å²) in [5.41, 5.74) is 1.08. The van der Waals surface area contributed by atoms with Gasteiger partial charge in [0.1, 0.15) is 29.6 Å². The summed E-state index contributed by atoms with van der Waals surface area (Å²) < 4.78 is 40.4.